The molecule has 1 aliphatic heterocycles. The third kappa shape index (κ3) is 4.39. The number of rotatable bonds is 5. The molecular weight excluding hydrogens is 272 g/mol. The molecule has 0 atom stereocenters. The molecule has 2 rings (SSSR count). The van der Waals surface area contributed by atoms with Gasteiger partial charge in [-0.3, -0.25) is 4.79 Å². The van der Waals surface area contributed by atoms with Crippen molar-refractivity contribution in [2.45, 2.75) is 25.9 Å². The van der Waals surface area contributed by atoms with E-state index in [-0.39, 0.29) is 25.1 Å². The molecule has 1 saturated heterocycles. The summed E-state index contributed by atoms with van der Waals surface area (Å²) in [6.45, 7) is 3.73. The van der Waals surface area contributed by atoms with E-state index in [0.717, 1.165) is 11.3 Å². The molecule has 0 spiro atoms. The Bertz CT molecular complexity index is 494. The van der Waals surface area contributed by atoms with Gasteiger partial charge in [0.05, 0.1) is 13.2 Å². The van der Waals surface area contributed by atoms with E-state index in [1.165, 1.54) is 0 Å². The quantitative estimate of drug-likeness (QED) is 0.834. The van der Waals surface area contributed by atoms with Gasteiger partial charge in [-0.2, -0.15) is 0 Å². The van der Waals surface area contributed by atoms with Gasteiger partial charge in [0, 0.05) is 6.08 Å². The van der Waals surface area contributed by atoms with Gasteiger partial charge in [0.15, 0.2) is 5.78 Å². The molecule has 1 aromatic carbocycles. The van der Waals surface area contributed by atoms with Gasteiger partial charge in [-0.1, -0.05) is 18.2 Å². The Morgan fingerprint density at radius 1 is 1.19 bits per heavy atom. The number of methoxy groups -OCH3 is 1. The largest absolute Gasteiger partial charge is 0.497 e. The van der Waals surface area contributed by atoms with Gasteiger partial charge < -0.3 is 18.9 Å². The maximum atomic E-state index is 11.2. The SMILES string of the molecule is COc1ccc(C=CC2(OC(C)C)OCC(=O)CO2)cc1. The first-order chi connectivity index (χ1) is 10.0. The average Bonchev–Trinajstić information content (AvgIpc) is 2.48. The van der Waals surface area contributed by atoms with Crippen LogP contribution in [0.4, 0.5) is 0 Å². The fraction of sp³-hybridized carbons (Fsp3) is 0.438. The van der Waals surface area contributed by atoms with Gasteiger partial charge in [-0.25, -0.2) is 0 Å². The maximum absolute atomic E-state index is 11.2. The van der Waals surface area contributed by atoms with E-state index in [9.17, 15) is 4.79 Å². The smallest absolute Gasteiger partial charge is 0.306 e. The predicted octanol–water partition coefficient (Wildman–Crippen LogP) is 2.40. The van der Waals surface area contributed by atoms with E-state index in [2.05, 4.69) is 0 Å². The second kappa shape index (κ2) is 6.85. The summed E-state index contributed by atoms with van der Waals surface area (Å²) in [6.07, 6.45) is 3.41. The summed E-state index contributed by atoms with van der Waals surface area (Å²) >= 11 is 0. The summed E-state index contributed by atoms with van der Waals surface area (Å²) < 4.78 is 21.7. The van der Waals surface area contributed by atoms with Crippen LogP contribution >= 0.6 is 0 Å². The summed E-state index contributed by atoms with van der Waals surface area (Å²) in [5, 5.41) is 0. The highest BCUT2D eigenvalue weighted by Gasteiger charge is 2.37. The van der Waals surface area contributed by atoms with Gasteiger partial charge in [0.25, 0.3) is 0 Å². The third-order valence-electron chi connectivity index (χ3n) is 2.86. The van der Waals surface area contributed by atoms with Crippen molar-refractivity contribution in [2.24, 2.45) is 0 Å². The number of hydrogen-bond acceptors (Lipinski definition) is 5. The van der Waals surface area contributed by atoms with Gasteiger partial charge in [0.1, 0.15) is 19.0 Å². The first-order valence-corrected chi connectivity index (χ1v) is 6.84. The standard InChI is InChI=1S/C16H20O5/c1-12(2)21-16(19-10-14(17)11-20-16)9-8-13-4-6-15(18-3)7-5-13/h4-9,12H,10-11H2,1-3H3. The predicted molar refractivity (Wildman–Crippen MR) is 77.9 cm³/mol. The molecule has 5 heteroatoms. The van der Waals surface area contributed by atoms with Gasteiger partial charge in [-0.05, 0) is 31.5 Å². The van der Waals surface area contributed by atoms with E-state index in [1.807, 2.05) is 44.2 Å². The summed E-state index contributed by atoms with van der Waals surface area (Å²) in [6, 6.07) is 7.54. The molecule has 1 heterocycles. The zero-order valence-corrected chi connectivity index (χ0v) is 12.5. The molecule has 0 saturated carbocycles. The van der Waals surface area contributed by atoms with Crippen LogP contribution in [0.3, 0.4) is 0 Å². The van der Waals surface area contributed by atoms with Crippen LogP contribution in [0.1, 0.15) is 19.4 Å². The van der Waals surface area contributed by atoms with Crippen LogP contribution in [0.25, 0.3) is 6.08 Å². The maximum Gasteiger partial charge on any atom is 0.306 e. The highest BCUT2D eigenvalue weighted by atomic mass is 16.9. The number of carbonyl (C=O) groups excluding carboxylic acids is 1. The van der Waals surface area contributed by atoms with Gasteiger partial charge >= 0.3 is 5.97 Å². The number of Topliss-reactive ketones (excluding diaryl/α,β-unsaturated/α-hetero) is 1. The van der Waals surface area contributed by atoms with E-state index >= 15 is 0 Å². The molecule has 0 aliphatic carbocycles. The lowest BCUT2D eigenvalue weighted by molar-refractivity contribution is -0.366. The first kappa shape index (κ1) is 15.7. The van der Waals surface area contributed by atoms with Crippen molar-refractivity contribution in [1.29, 1.82) is 0 Å². The van der Waals surface area contributed by atoms with Gasteiger partial charge in [0.2, 0.25) is 0 Å². The summed E-state index contributed by atoms with van der Waals surface area (Å²) in [5.41, 5.74) is 0.951. The average molecular weight is 292 g/mol. The second-order valence-electron chi connectivity index (χ2n) is 4.99. The van der Waals surface area contributed by atoms with Crippen LogP contribution in [0.2, 0.25) is 0 Å². The lowest BCUT2D eigenvalue weighted by atomic mass is 10.2. The highest BCUT2D eigenvalue weighted by molar-refractivity contribution is 5.81. The van der Waals surface area contributed by atoms with Crippen molar-refractivity contribution in [2.75, 3.05) is 20.3 Å². The van der Waals surface area contributed by atoms with Gasteiger partial charge in [-0.15, -0.1) is 0 Å². The zero-order valence-electron chi connectivity index (χ0n) is 12.5. The fourth-order valence-electron chi connectivity index (χ4n) is 1.89. The van der Waals surface area contributed by atoms with Crippen LogP contribution in [-0.2, 0) is 19.0 Å². The molecule has 0 N–H and O–H groups in total. The Morgan fingerprint density at radius 2 is 1.81 bits per heavy atom. The lowest BCUT2D eigenvalue weighted by Gasteiger charge is -2.34. The monoisotopic (exact) mass is 292 g/mol. The molecule has 0 radical (unpaired) electrons. The van der Waals surface area contributed by atoms with Crippen LogP contribution in [0, 0.1) is 0 Å². The van der Waals surface area contributed by atoms with Crippen molar-refractivity contribution < 1.29 is 23.7 Å². The summed E-state index contributed by atoms with van der Waals surface area (Å²) in [7, 11) is 1.62. The Balaban J connectivity index is 2.13. The summed E-state index contributed by atoms with van der Waals surface area (Å²) in [5.74, 6) is -0.617. The van der Waals surface area contributed by atoms with E-state index in [0.29, 0.717) is 0 Å². The zero-order chi connectivity index (χ0) is 15.3. The highest BCUT2D eigenvalue weighted by Crippen LogP contribution is 2.24. The Hall–Kier alpha value is -1.69. The van der Waals surface area contributed by atoms with Crippen LogP contribution in [0.5, 0.6) is 5.75 Å². The minimum Gasteiger partial charge on any atom is -0.497 e. The number of carbonyl (C=O) groups is 1. The lowest BCUT2D eigenvalue weighted by Crippen LogP contribution is -2.46. The van der Waals surface area contributed by atoms with Crippen molar-refractivity contribution in [1.82, 2.24) is 0 Å². The molecule has 1 aromatic rings. The minimum atomic E-state index is -1.30. The molecule has 0 bridgehead atoms. The molecule has 5 nitrogen and oxygen atoms in total. The number of ether oxygens (including phenoxy) is 4. The van der Waals surface area contributed by atoms with Crippen LogP contribution < -0.4 is 4.74 Å². The Kier molecular flexibility index (Phi) is 5.12. The number of hydrogen-bond donors (Lipinski definition) is 0. The van der Waals surface area contributed by atoms with E-state index < -0.39 is 5.97 Å². The normalized spacial score (nSPS) is 18.4. The van der Waals surface area contributed by atoms with Crippen LogP contribution in [0.15, 0.2) is 30.3 Å². The molecule has 21 heavy (non-hydrogen) atoms. The number of ketones is 1. The molecule has 1 fully saturated rings. The topological polar surface area (TPSA) is 54.0 Å². The Labute approximate surface area is 124 Å². The van der Waals surface area contributed by atoms with E-state index in [1.54, 1.807) is 13.2 Å². The molecule has 114 valence electrons. The Morgan fingerprint density at radius 3 is 2.33 bits per heavy atom. The van der Waals surface area contributed by atoms with Crippen molar-refractivity contribution in [3.05, 3.63) is 35.9 Å². The molecule has 1 aliphatic rings. The molecular formula is C16H20O5. The third-order valence-corrected chi connectivity index (χ3v) is 2.86. The van der Waals surface area contributed by atoms with Crippen LogP contribution in [-0.4, -0.2) is 38.2 Å². The molecule has 0 amide bonds. The van der Waals surface area contributed by atoms with Crippen molar-refractivity contribution >= 4 is 11.9 Å². The minimum absolute atomic E-state index is 0.0142. The first-order valence-electron chi connectivity index (χ1n) is 6.84. The van der Waals surface area contributed by atoms with Crippen molar-refractivity contribution in [3.8, 4) is 5.75 Å². The number of benzene rings is 1. The summed E-state index contributed by atoms with van der Waals surface area (Å²) in [4.78, 5) is 11.2. The second-order valence-corrected chi connectivity index (χ2v) is 4.99. The van der Waals surface area contributed by atoms with E-state index in [4.69, 9.17) is 18.9 Å². The van der Waals surface area contributed by atoms with Crippen molar-refractivity contribution in [3.63, 3.8) is 0 Å². The fourth-order valence-corrected chi connectivity index (χ4v) is 1.89. The molecule has 0 aromatic heterocycles. The molecule has 0 unspecified atom stereocenters.